The highest BCUT2D eigenvalue weighted by molar-refractivity contribution is 9.14. The van der Waals surface area contributed by atoms with E-state index in [9.17, 15) is 0 Å². The SMILES string of the molecule is C=c1ncoc1=CBr. The van der Waals surface area contributed by atoms with Crippen LogP contribution in [-0.2, 0) is 0 Å². The zero-order valence-electron chi connectivity index (χ0n) is 4.10. The molecule has 0 amide bonds. The standard InChI is InChI=1S/C5H4BrNO/c1-4-5(2-6)8-3-7-4/h2-3H,1H2. The summed E-state index contributed by atoms with van der Waals surface area (Å²) in [6.45, 7) is 3.59. The third-order valence-corrected chi connectivity index (χ3v) is 1.19. The predicted octanol–water partition coefficient (Wildman–Crippen LogP) is 0.218. The van der Waals surface area contributed by atoms with E-state index in [0.717, 1.165) is 0 Å². The monoisotopic (exact) mass is 173 g/mol. The fraction of sp³-hybridized carbons (Fsp3) is 0. The molecular formula is C5H4BrNO. The van der Waals surface area contributed by atoms with E-state index in [-0.39, 0.29) is 0 Å². The molecule has 3 heteroatoms. The highest BCUT2D eigenvalue weighted by atomic mass is 79.9. The number of hydrogen-bond acceptors (Lipinski definition) is 2. The second-order valence-electron chi connectivity index (χ2n) is 1.27. The summed E-state index contributed by atoms with van der Waals surface area (Å²) in [5.41, 5.74) is 0.671. The molecular weight excluding hydrogens is 170 g/mol. The van der Waals surface area contributed by atoms with Gasteiger partial charge in [0.15, 0.2) is 11.8 Å². The summed E-state index contributed by atoms with van der Waals surface area (Å²) in [5, 5.41) is 0.655. The summed E-state index contributed by atoms with van der Waals surface area (Å²) < 4.78 is 4.84. The molecule has 0 atom stereocenters. The molecule has 2 nitrogen and oxygen atoms in total. The molecule has 0 aromatic carbocycles. The van der Waals surface area contributed by atoms with Gasteiger partial charge in [0.25, 0.3) is 0 Å². The molecule has 0 saturated carbocycles. The van der Waals surface area contributed by atoms with E-state index >= 15 is 0 Å². The maximum Gasteiger partial charge on any atom is 0.181 e. The first-order chi connectivity index (χ1) is 3.84. The lowest BCUT2D eigenvalue weighted by Gasteiger charge is -1.63. The van der Waals surface area contributed by atoms with Crippen molar-refractivity contribution in [2.75, 3.05) is 0 Å². The van der Waals surface area contributed by atoms with Gasteiger partial charge in [0.1, 0.15) is 5.35 Å². The van der Waals surface area contributed by atoms with E-state index in [1.807, 2.05) is 0 Å². The molecule has 1 rings (SSSR count). The Morgan fingerprint density at radius 2 is 2.62 bits per heavy atom. The van der Waals surface area contributed by atoms with Gasteiger partial charge in [-0.2, -0.15) is 0 Å². The Morgan fingerprint density at radius 1 is 1.88 bits per heavy atom. The lowest BCUT2D eigenvalue weighted by molar-refractivity contribution is 0.526. The van der Waals surface area contributed by atoms with Crippen molar-refractivity contribution < 1.29 is 4.42 Å². The molecule has 1 aromatic heterocycles. The van der Waals surface area contributed by atoms with Crippen LogP contribution in [-0.4, -0.2) is 4.98 Å². The Hall–Kier alpha value is -0.570. The highest BCUT2D eigenvalue weighted by Gasteiger charge is 1.80. The van der Waals surface area contributed by atoms with Crippen LogP contribution in [0.25, 0.3) is 11.6 Å². The normalized spacial score (nSPS) is 12.4. The van der Waals surface area contributed by atoms with E-state index in [4.69, 9.17) is 4.42 Å². The topological polar surface area (TPSA) is 26.0 Å². The molecule has 0 saturated heterocycles. The number of nitrogens with zero attached hydrogens (tertiary/aromatic N) is 1. The molecule has 0 unspecified atom stereocenters. The van der Waals surface area contributed by atoms with Gasteiger partial charge in [-0.15, -0.1) is 0 Å². The largest absolute Gasteiger partial charge is 0.443 e. The Kier molecular flexibility index (Phi) is 1.48. The smallest absolute Gasteiger partial charge is 0.181 e. The van der Waals surface area contributed by atoms with Crippen molar-refractivity contribution in [3.8, 4) is 0 Å². The predicted molar refractivity (Wildman–Crippen MR) is 34.7 cm³/mol. The van der Waals surface area contributed by atoms with Crippen molar-refractivity contribution in [1.29, 1.82) is 0 Å². The van der Waals surface area contributed by atoms with Gasteiger partial charge < -0.3 is 4.42 Å². The lowest BCUT2D eigenvalue weighted by Crippen LogP contribution is -2.18. The zero-order valence-corrected chi connectivity index (χ0v) is 5.68. The summed E-state index contributed by atoms with van der Waals surface area (Å²) in [6, 6.07) is 0. The van der Waals surface area contributed by atoms with E-state index in [1.165, 1.54) is 6.39 Å². The third kappa shape index (κ3) is 0.816. The second-order valence-corrected chi connectivity index (χ2v) is 1.73. The summed E-state index contributed by atoms with van der Waals surface area (Å²) >= 11 is 3.09. The molecule has 1 heterocycles. The summed E-state index contributed by atoms with van der Waals surface area (Å²) in [6.07, 6.45) is 1.36. The minimum atomic E-state index is 0.655. The molecule has 0 N–H and O–H groups in total. The van der Waals surface area contributed by atoms with Crippen LogP contribution in [0.1, 0.15) is 0 Å². The van der Waals surface area contributed by atoms with Crippen LogP contribution < -0.4 is 10.8 Å². The first-order valence-electron chi connectivity index (χ1n) is 2.03. The third-order valence-electron chi connectivity index (χ3n) is 0.772. The van der Waals surface area contributed by atoms with Crippen molar-refractivity contribution in [1.82, 2.24) is 4.98 Å². The fourth-order valence-corrected chi connectivity index (χ4v) is 0.739. The molecule has 8 heavy (non-hydrogen) atoms. The minimum absolute atomic E-state index is 0.655. The number of aromatic nitrogens is 1. The number of halogens is 1. The van der Waals surface area contributed by atoms with E-state index in [1.54, 1.807) is 4.99 Å². The number of rotatable bonds is 0. The Balaban J connectivity index is 3.55. The van der Waals surface area contributed by atoms with Crippen LogP contribution in [0.4, 0.5) is 0 Å². The maximum absolute atomic E-state index is 4.84. The van der Waals surface area contributed by atoms with Crippen molar-refractivity contribution >= 4 is 27.5 Å². The number of oxazole rings is 1. The van der Waals surface area contributed by atoms with Gasteiger partial charge in [0.2, 0.25) is 0 Å². The van der Waals surface area contributed by atoms with E-state index in [2.05, 4.69) is 27.5 Å². The van der Waals surface area contributed by atoms with Crippen LogP contribution >= 0.6 is 15.9 Å². The fourth-order valence-electron chi connectivity index (χ4n) is 0.367. The average molecular weight is 174 g/mol. The van der Waals surface area contributed by atoms with Gasteiger partial charge in [0, 0.05) is 4.99 Å². The molecule has 0 aliphatic rings. The van der Waals surface area contributed by atoms with Crippen molar-refractivity contribution in [2.45, 2.75) is 0 Å². The van der Waals surface area contributed by atoms with Crippen LogP contribution in [0, 0.1) is 0 Å². The summed E-state index contributed by atoms with van der Waals surface area (Å²) in [4.78, 5) is 5.39. The summed E-state index contributed by atoms with van der Waals surface area (Å²) in [5.74, 6) is 0. The van der Waals surface area contributed by atoms with Gasteiger partial charge in [0.05, 0.1) is 0 Å². The summed E-state index contributed by atoms with van der Waals surface area (Å²) in [7, 11) is 0. The maximum atomic E-state index is 4.84. The average Bonchev–Trinajstić information content (AvgIpc) is 2.14. The quantitative estimate of drug-likeness (QED) is 0.562. The van der Waals surface area contributed by atoms with Crippen LogP contribution in [0.15, 0.2) is 10.8 Å². The van der Waals surface area contributed by atoms with Crippen LogP contribution in [0.3, 0.4) is 0 Å². The van der Waals surface area contributed by atoms with Gasteiger partial charge >= 0.3 is 0 Å². The molecule has 0 spiro atoms. The first-order valence-corrected chi connectivity index (χ1v) is 2.95. The first kappa shape index (κ1) is 5.56. The number of hydrogen-bond donors (Lipinski definition) is 0. The van der Waals surface area contributed by atoms with Gasteiger partial charge in [-0.25, -0.2) is 4.98 Å². The molecule has 42 valence electrons. The lowest BCUT2D eigenvalue weighted by atomic mass is 10.7. The highest BCUT2D eigenvalue weighted by Crippen LogP contribution is 1.74. The van der Waals surface area contributed by atoms with E-state index in [0.29, 0.717) is 10.8 Å². The van der Waals surface area contributed by atoms with Gasteiger partial charge in [-0.05, 0) is 0 Å². The minimum Gasteiger partial charge on any atom is -0.443 e. The molecule has 0 bridgehead atoms. The Morgan fingerprint density at radius 3 is 2.88 bits per heavy atom. The van der Waals surface area contributed by atoms with Gasteiger partial charge in [-0.1, -0.05) is 22.5 Å². The van der Waals surface area contributed by atoms with Crippen LogP contribution in [0.5, 0.6) is 0 Å². The second kappa shape index (κ2) is 2.13. The Labute approximate surface area is 54.7 Å². The molecule has 0 aliphatic carbocycles. The zero-order chi connectivity index (χ0) is 5.98. The van der Waals surface area contributed by atoms with Crippen LogP contribution in [0.2, 0.25) is 0 Å². The molecule has 0 radical (unpaired) electrons. The molecule has 0 aliphatic heterocycles. The van der Waals surface area contributed by atoms with Crippen molar-refractivity contribution in [3.63, 3.8) is 0 Å². The Bertz CT molecular complexity index is 264. The molecule has 0 fully saturated rings. The van der Waals surface area contributed by atoms with E-state index < -0.39 is 0 Å². The molecule has 1 aromatic rings. The van der Waals surface area contributed by atoms with Gasteiger partial charge in [-0.3, -0.25) is 0 Å². The van der Waals surface area contributed by atoms with Crippen molar-refractivity contribution in [2.24, 2.45) is 0 Å². The van der Waals surface area contributed by atoms with Crippen molar-refractivity contribution in [3.05, 3.63) is 17.2 Å².